The number of aromatic hydroxyl groups is 1. The van der Waals surface area contributed by atoms with Gasteiger partial charge in [0.05, 0.1) is 10.0 Å². The van der Waals surface area contributed by atoms with Gasteiger partial charge in [-0.2, -0.15) is 0 Å². The molecule has 3 aromatic carbocycles. The number of phenols is 1. The average molecular weight is 329 g/mol. The molecule has 0 aliphatic heterocycles. The van der Waals surface area contributed by atoms with Crippen molar-refractivity contribution >= 4 is 23.2 Å². The zero-order valence-corrected chi connectivity index (χ0v) is 13.2. The zero-order valence-electron chi connectivity index (χ0n) is 11.7. The Morgan fingerprint density at radius 3 is 1.45 bits per heavy atom. The Labute approximate surface area is 139 Å². The minimum atomic E-state index is -0.0769. The van der Waals surface area contributed by atoms with Crippen LogP contribution in [0, 0.1) is 0 Å². The quantitative estimate of drug-likeness (QED) is 0.595. The highest BCUT2D eigenvalue weighted by Crippen LogP contribution is 2.39. The van der Waals surface area contributed by atoms with E-state index in [4.69, 9.17) is 23.2 Å². The van der Waals surface area contributed by atoms with Gasteiger partial charge in [0.25, 0.3) is 0 Å². The number of hydrogen-bond donors (Lipinski definition) is 1. The van der Waals surface area contributed by atoms with E-state index in [1.165, 1.54) is 0 Å². The fraction of sp³-hybridized carbons (Fsp3) is 0.0526. The number of benzene rings is 3. The molecule has 0 spiro atoms. The number of phenolic OH excluding ortho intramolecular Hbond substituents is 1. The van der Waals surface area contributed by atoms with Gasteiger partial charge in [-0.05, 0) is 28.8 Å². The maximum Gasteiger partial charge on any atom is 0.152 e. The molecule has 3 aromatic rings. The summed E-state index contributed by atoms with van der Waals surface area (Å²) in [6.07, 6.45) is 0. The Hall–Kier alpha value is -1.96. The van der Waals surface area contributed by atoms with Crippen molar-refractivity contribution in [2.75, 3.05) is 0 Å². The molecule has 1 nitrogen and oxygen atoms in total. The topological polar surface area (TPSA) is 20.2 Å². The molecule has 0 saturated carbocycles. The first-order valence-electron chi connectivity index (χ1n) is 6.94. The van der Waals surface area contributed by atoms with Crippen molar-refractivity contribution in [1.29, 1.82) is 0 Å². The lowest BCUT2D eigenvalue weighted by atomic mass is 9.85. The molecule has 3 heteroatoms. The van der Waals surface area contributed by atoms with Crippen LogP contribution in [0.25, 0.3) is 0 Å². The van der Waals surface area contributed by atoms with Crippen LogP contribution in [0.2, 0.25) is 10.0 Å². The second kappa shape index (κ2) is 6.43. The van der Waals surface area contributed by atoms with Gasteiger partial charge in [0.15, 0.2) is 5.75 Å². The summed E-state index contributed by atoms with van der Waals surface area (Å²) in [7, 11) is 0. The fourth-order valence-corrected chi connectivity index (χ4v) is 3.12. The largest absolute Gasteiger partial charge is 0.505 e. The van der Waals surface area contributed by atoms with Crippen molar-refractivity contribution in [2.45, 2.75) is 5.92 Å². The molecular formula is C19H14Cl2O. The van der Waals surface area contributed by atoms with E-state index >= 15 is 0 Å². The first kappa shape index (κ1) is 15.0. The molecule has 0 aliphatic carbocycles. The zero-order chi connectivity index (χ0) is 15.5. The smallest absolute Gasteiger partial charge is 0.152 e. The highest BCUT2D eigenvalue weighted by atomic mass is 35.5. The van der Waals surface area contributed by atoms with Gasteiger partial charge in [0, 0.05) is 5.92 Å². The monoisotopic (exact) mass is 328 g/mol. The second-order valence-electron chi connectivity index (χ2n) is 5.09. The van der Waals surface area contributed by atoms with E-state index in [9.17, 15) is 5.11 Å². The Kier molecular flexibility index (Phi) is 4.37. The van der Waals surface area contributed by atoms with Crippen molar-refractivity contribution in [3.8, 4) is 5.75 Å². The molecule has 22 heavy (non-hydrogen) atoms. The summed E-state index contributed by atoms with van der Waals surface area (Å²) < 4.78 is 0. The van der Waals surface area contributed by atoms with Crippen molar-refractivity contribution in [3.05, 3.63) is 99.5 Å². The summed E-state index contributed by atoms with van der Waals surface area (Å²) in [4.78, 5) is 0. The van der Waals surface area contributed by atoms with Crippen LogP contribution in [0.5, 0.6) is 5.75 Å². The molecule has 1 N–H and O–H groups in total. The summed E-state index contributed by atoms with van der Waals surface area (Å²) in [6, 6.07) is 23.9. The Balaban J connectivity index is 2.19. The van der Waals surface area contributed by atoms with Gasteiger partial charge in [0.2, 0.25) is 0 Å². The first-order chi connectivity index (χ1) is 10.7. The summed E-state index contributed by atoms with van der Waals surface area (Å²) in [5.74, 6) is -0.0649. The van der Waals surface area contributed by atoms with Gasteiger partial charge in [-0.1, -0.05) is 83.9 Å². The van der Waals surface area contributed by atoms with Crippen LogP contribution in [0.3, 0.4) is 0 Å². The van der Waals surface area contributed by atoms with Gasteiger partial charge in [0.1, 0.15) is 0 Å². The van der Waals surface area contributed by atoms with Crippen molar-refractivity contribution < 1.29 is 5.11 Å². The summed E-state index contributed by atoms with van der Waals surface area (Å²) in [6.45, 7) is 0. The van der Waals surface area contributed by atoms with Gasteiger partial charge in [-0.25, -0.2) is 0 Å². The molecule has 110 valence electrons. The number of hydrogen-bond acceptors (Lipinski definition) is 1. The molecular weight excluding hydrogens is 315 g/mol. The summed E-state index contributed by atoms with van der Waals surface area (Å²) >= 11 is 12.2. The lowest BCUT2D eigenvalue weighted by Gasteiger charge is -2.19. The predicted octanol–water partition coefficient (Wildman–Crippen LogP) is 5.88. The highest BCUT2D eigenvalue weighted by molar-refractivity contribution is 6.37. The highest BCUT2D eigenvalue weighted by Gasteiger charge is 2.19. The van der Waals surface area contributed by atoms with Crippen LogP contribution >= 0.6 is 23.2 Å². The normalized spacial score (nSPS) is 10.9. The van der Waals surface area contributed by atoms with E-state index in [1.54, 1.807) is 12.1 Å². The average Bonchev–Trinajstić information content (AvgIpc) is 2.55. The van der Waals surface area contributed by atoms with E-state index in [1.807, 2.05) is 36.4 Å². The first-order valence-corrected chi connectivity index (χ1v) is 7.70. The molecule has 3 rings (SSSR count). The Morgan fingerprint density at radius 2 is 1.05 bits per heavy atom. The molecule has 0 aromatic heterocycles. The van der Waals surface area contributed by atoms with Crippen LogP contribution in [0.1, 0.15) is 22.6 Å². The van der Waals surface area contributed by atoms with Crippen LogP contribution < -0.4 is 0 Å². The van der Waals surface area contributed by atoms with E-state index < -0.39 is 0 Å². The van der Waals surface area contributed by atoms with Crippen molar-refractivity contribution in [1.82, 2.24) is 0 Å². The Morgan fingerprint density at radius 1 is 0.636 bits per heavy atom. The van der Waals surface area contributed by atoms with Crippen molar-refractivity contribution in [3.63, 3.8) is 0 Å². The number of rotatable bonds is 3. The van der Waals surface area contributed by atoms with Crippen molar-refractivity contribution in [2.24, 2.45) is 0 Å². The van der Waals surface area contributed by atoms with Gasteiger partial charge >= 0.3 is 0 Å². The van der Waals surface area contributed by atoms with Crippen LogP contribution in [-0.4, -0.2) is 5.11 Å². The molecule has 0 amide bonds. The Bertz CT molecular complexity index is 707. The lowest BCUT2D eigenvalue weighted by molar-refractivity contribution is 0.475. The van der Waals surface area contributed by atoms with Gasteiger partial charge in [-0.3, -0.25) is 0 Å². The molecule has 0 unspecified atom stereocenters. The third-order valence-corrected chi connectivity index (χ3v) is 4.21. The van der Waals surface area contributed by atoms with E-state index in [2.05, 4.69) is 24.3 Å². The van der Waals surface area contributed by atoms with Crippen LogP contribution in [-0.2, 0) is 0 Å². The molecule has 0 atom stereocenters. The third kappa shape index (κ3) is 2.96. The van der Waals surface area contributed by atoms with Crippen LogP contribution in [0.15, 0.2) is 72.8 Å². The number of halogens is 2. The summed E-state index contributed by atoms with van der Waals surface area (Å²) in [5.41, 5.74) is 3.24. The van der Waals surface area contributed by atoms with E-state index in [0.717, 1.165) is 16.7 Å². The van der Waals surface area contributed by atoms with E-state index in [-0.39, 0.29) is 21.7 Å². The molecule has 0 fully saturated rings. The maximum absolute atomic E-state index is 9.79. The van der Waals surface area contributed by atoms with Gasteiger partial charge in [-0.15, -0.1) is 0 Å². The minimum absolute atomic E-state index is 0.0120. The fourth-order valence-electron chi connectivity index (χ4n) is 2.62. The van der Waals surface area contributed by atoms with Gasteiger partial charge < -0.3 is 5.11 Å². The predicted molar refractivity (Wildman–Crippen MR) is 92.0 cm³/mol. The molecule has 0 bridgehead atoms. The minimum Gasteiger partial charge on any atom is -0.505 e. The molecule has 0 aliphatic rings. The lowest BCUT2D eigenvalue weighted by Crippen LogP contribution is -2.03. The van der Waals surface area contributed by atoms with E-state index in [0.29, 0.717) is 0 Å². The second-order valence-corrected chi connectivity index (χ2v) is 5.90. The summed E-state index contributed by atoms with van der Waals surface area (Å²) in [5, 5.41) is 10.3. The molecule has 0 radical (unpaired) electrons. The van der Waals surface area contributed by atoms with Crippen LogP contribution in [0.4, 0.5) is 0 Å². The molecule has 0 saturated heterocycles. The SMILES string of the molecule is Oc1c(Cl)cc(C(c2ccccc2)c2ccccc2)cc1Cl. The third-order valence-electron chi connectivity index (χ3n) is 3.64. The molecule has 0 heterocycles. The maximum atomic E-state index is 9.79. The standard InChI is InChI=1S/C19H14Cl2O/c20-16-11-15(12-17(21)19(16)22)18(13-7-3-1-4-8-13)14-9-5-2-6-10-14/h1-12,18,22H.